The number of carbonyl (C=O) groups excluding carboxylic acids is 1. The van der Waals surface area contributed by atoms with Crippen molar-refractivity contribution in [2.45, 2.75) is 13.3 Å². The zero-order valence-corrected chi connectivity index (χ0v) is 13.3. The molecule has 2 aromatic rings. The molecule has 0 saturated heterocycles. The third-order valence-corrected chi connectivity index (χ3v) is 3.51. The Morgan fingerprint density at radius 3 is 2.81 bits per heavy atom. The summed E-state index contributed by atoms with van der Waals surface area (Å²) in [6.45, 7) is 2.30. The van der Waals surface area contributed by atoms with Crippen LogP contribution in [-0.4, -0.2) is 12.5 Å². The van der Waals surface area contributed by atoms with Crippen molar-refractivity contribution >= 4 is 33.2 Å². The maximum Gasteiger partial charge on any atom is 0.227 e. The monoisotopic (exact) mass is 348 g/mol. The van der Waals surface area contributed by atoms with Gasteiger partial charge in [0, 0.05) is 16.2 Å². The SMILES string of the molecule is Cc1ccc(NC(=O)CCOc2cccc(N)c2)c(Br)c1. The molecule has 4 nitrogen and oxygen atoms in total. The van der Waals surface area contributed by atoms with Crippen LogP contribution in [0.5, 0.6) is 5.75 Å². The first kappa shape index (κ1) is 15.4. The van der Waals surface area contributed by atoms with E-state index in [0.717, 1.165) is 15.7 Å². The lowest BCUT2D eigenvalue weighted by Crippen LogP contribution is -2.15. The van der Waals surface area contributed by atoms with Crippen LogP contribution in [0.3, 0.4) is 0 Å². The number of ether oxygens (including phenoxy) is 1. The third-order valence-electron chi connectivity index (χ3n) is 2.85. The molecule has 1 amide bonds. The summed E-state index contributed by atoms with van der Waals surface area (Å²) in [5, 5.41) is 2.84. The molecule has 21 heavy (non-hydrogen) atoms. The van der Waals surface area contributed by atoms with Gasteiger partial charge in [0.2, 0.25) is 5.91 Å². The lowest BCUT2D eigenvalue weighted by molar-refractivity contribution is -0.116. The van der Waals surface area contributed by atoms with Crippen molar-refractivity contribution in [2.24, 2.45) is 0 Å². The van der Waals surface area contributed by atoms with E-state index in [1.165, 1.54) is 0 Å². The van der Waals surface area contributed by atoms with Gasteiger partial charge < -0.3 is 15.8 Å². The molecule has 0 atom stereocenters. The van der Waals surface area contributed by atoms with E-state index in [4.69, 9.17) is 10.5 Å². The molecule has 0 aliphatic carbocycles. The summed E-state index contributed by atoms with van der Waals surface area (Å²) >= 11 is 3.43. The predicted octanol–water partition coefficient (Wildman–Crippen LogP) is 3.75. The minimum atomic E-state index is -0.0940. The van der Waals surface area contributed by atoms with E-state index in [1.54, 1.807) is 12.1 Å². The summed E-state index contributed by atoms with van der Waals surface area (Å²) in [5.41, 5.74) is 8.18. The van der Waals surface area contributed by atoms with Crippen molar-refractivity contribution in [1.82, 2.24) is 0 Å². The van der Waals surface area contributed by atoms with Gasteiger partial charge in [0.25, 0.3) is 0 Å². The fourth-order valence-electron chi connectivity index (χ4n) is 1.80. The molecule has 0 unspecified atom stereocenters. The topological polar surface area (TPSA) is 64.3 Å². The number of anilines is 2. The smallest absolute Gasteiger partial charge is 0.227 e. The molecule has 3 N–H and O–H groups in total. The van der Waals surface area contributed by atoms with Crippen LogP contribution >= 0.6 is 15.9 Å². The molecule has 0 radical (unpaired) electrons. The second-order valence-corrected chi connectivity index (χ2v) is 5.56. The van der Waals surface area contributed by atoms with Crippen molar-refractivity contribution in [3.05, 3.63) is 52.5 Å². The number of nitrogens with two attached hydrogens (primary N) is 1. The van der Waals surface area contributed by atoms with E-state index in [2.05, 4.69) is 21.2 Å². The minimum Gasteiger partial charge on any atom is -0.493 e. The van der Waals surface area contributed by atoms with Crippen molar-refractivity contribution in [1.29, 1.82) is 0 Å². The number of halogens is 1. The second-order valence-electron chi connectivity index (χ2n) is 4.70. The van der Waals surface area contributed by atoms with Crippen LogP contribution < -0.4 is 15.8 Å². The van der Waals surface area contributed by atoms with E-state index in [9.17, 15) is 4.79 Å². The highest BCUT2D eigenvalue weighted by Crippen LogP contribution is 2.23. The van der Waals surface area contributed by atoms with Gasteiger partial charge in [-0.25, -0.2) is 0 Å². The quantitative estimate of drug-likeness (QED) is 0.808. The Kier molecular flexibility index (Phi) is 5.22. The maximum atomic E-state index is 11.9. The van der Waals surface area contributed by atoms with Gasteiger partial charge in [-0.3, -0.25) is 4.79 Å². The summed E-state index contributed by atoms with van der Waals surface area (Å²) < 4.78 is 6.36. The first-order valence-corrected chi connectivity index (χ1v) is 7.38. The number of hydrogen-bond donors (Lipinski definition) is 2. The van der Waals surface area contributed by atoms with Crippen LogP contribution in [0.25, 0.3) is 0 Å². The Morgan fingerprint density at radius 2 is 2.10 bits per heavy atom. The number of benzene rings is 2. The Hall–Kier alpha value is -2.01. The summed E-state index contributed by atoms with van der Waals surface area (Å²) in [5.74, 6) is 0.572. The number of nitrogens with one attached hydrogen (secondary N) is 1. The zero-order valence-electron chi connectivity index (χ0n) is 11.7. The molecule has 2 aromatic carbocycles. The fourth-order valence-corrected chi connectivity index (χ4v) is 2.39. The van der Waals surface area contributed by atoms with E-state index < -0.39 is 0 Å². The number of carbonyl (C=O) groups is 1. The van der Waals surface area contributed by atoms with E-state index in [-0.39, 0.29) is 12.3 Å². The van der Waals surface area contributed by atoms with Gasteiger partial charge in [-0.2, -0.15) is 0 Å². The Balaban J connectivity index is 1.82. The number of amides is 1. The Labute approximate surface area is 132 Å². The summed E-state index contributed by atoms with van der Waals surface area (Å²) in [6, 6.07) is 12.9. The summed E-state index contributed by atoms with van der Waals surface area (Å²) in [7, 11) is 0. The van der Waals surface area contributed by atoms with Crippen molar-refractivity contribution in [2.75, 3.05) is 17.7 Å². The molecule has 0 fully saturated rings. The Bertz CT molecular complexity index is 644. The van der Waals surface area contributed by atoms with E-state index >= 15 is 0 Å². The van der Waals surface area contributed by atoms with Crippen molar-refractivity contribution in [3.8, 4) is 5.75 Å². The molecule has 0 bridgehead atoms. The largest absolute Gasteiger partial charge is 0.493 e. The predicted molar refractivity (Wildman–Crippen MR) is 88.5 cm³/mol. The number of aryl methyl sites for hydroxylation is 1. The van der Waals surface area contributed by atoms with E-state index in [0.29, 0.717) is 18.0 Å². The van der Waals surface area contributed by atoms with Gasteiger partial charge in [0.15, 0.2) is 0 Å². The molecule has 110 valence electrons. The van der Waals surface area contributed by atoms with Crippen LogP contribution in [0.4, 0.5) is 11.4 Å². The highest BCUT2D eigenvalue weighted by Gasteiger charge is 2.06. The number of hydrogen-bond acceptors (Lipinski definition) is 3. The summed E-state index contributed by atoms with van der Waals surface area (Å²) in [6.07, 6.45) is 0.273. The minimum absolute atomic E-state index is 0.0940. The third kappa shape index (κ3) is 4.79. The standard InChI is InChI=1S/C16H17BrN2O2/c1-11-5-6-15(14(17)9-11)19-16(20)7-8-21-13-4-2-3-12(18)10-13/h2-6,9-10H,7-8,18H2,1H3,(H,19,20). The lowest BCUT2D eigenvalue weighted by atomic mass is 10.2. The molecule has 0 aliphatic heterocycles. The molecule has 0 aliphatic rings. The lowest BCUT2D eigenvalue weighted by Gasteiger charge is -2.09. The molecule has 0 aromatic heterocycles. The van der Waals surface area contributed by atoms with Gasteiger partial charge >= 0.3 is 0 Å². The maximum absolute atomic E-state index is 11.9. The average Bonchev–Trinajstić information content (AvgIpc) is 2.42. The van der Waals surface area contributed by atoms with Gasteiger partial charge in [-0.05, 0) is 52.7 Å². The van der Waals surface area contributed by atoms with Gasteiger partial charge in [0.05, 0.1) is 18.7 Å². The highest BCUT2D eigenvalue weighted by molar-refractivity contribution is 9.10. The first-order valence-electron chi connectivity index (χ1n) is 6.59. The molecule has 0 heterocycles. The first-order chi connectivity index (χ1) is 10.0. The molecule has 0 spiro atoms. The average molecular weight is 349 g/mol. The molecule has 0 saturated carbocycles. The molecule has 2 rings (SSSR count). The number of rotatable bonds is 5. The van der Waals surface area contributed by atoms with Crippen molar-refractivity contribution < 1.29 is 9.53 Å². The van der Waals surface area contributed by atoms with Crippen LogP contribution in [0.15, 0.2) is 46.9 Å². The van der Waals surface area contributed by atoms with Gasteiger partial charge in [-0.15, -0.1) is 0 Å². The van der Waals surface area contributed by atoms with Crippen LogP contribution in [0.1, 0.15) is 12.0 Å². The molecular formula is C16H17BrN2O2. The van der Waals surface area contributed by atoms with Crippen LogP contribution in [-0.2, 0) is 4.79 Å². The zero-order chi connectivity index (χ0) is 15.2. The van der Waals surface area contributed by atoms with Crippen LogP contribution in [0, 0.1) is 6.92 Å². The highest BCUT2D eigenvalue weighted by atomic mass is 79.9. The van der Waals surface area contributed by atoms with E-state index in [1.807, 2.05) is 37.3 Å². The molecule has 5 heteroatoms. The van der Waals surface area contributed by atoms with Crippen molar-refractivity contribution in [3.63, 3.8) is 0 Å². The second kappa shape index (κ2) is 7.13. The van der Waals surface area contributed by atoms with Crippen LogP contribution in [0.2, 0.25) is 0 Å². The Morgan fingerprint density at radius 1 is 1.29 bits per heavy atom. The summed E-state index contributed by atoms with van der Waals surface area (Å²) in [4.78, 5) is 11.9. The normalized spacial score (nSPS) is 10.2. The van der Waals surface area contributed by atoms with Gasteiger partial charge in [0.1, 0.15) is 5.75 Å². The fraction of sp³-hybridized carbons (Fsp3) is 0.188. The van der Waals surface area contributed by atoms with Gasteiger partial charge in [-0.1, -0.05) is 12.1 Å². The molecular weight excluding hydrogens is 332 g/mol. The number of nitrogen functional groups attached to an aromatic ring is 1.